The average molecular weight is 744 g/mol. The Hall–Kier alpha value is 0.320. The van der Waals surface area contributed by atoms with Crippen LogP contribution in [0.5, 0.6) is 0 Å². The molecule has 9 nitrogen and oxygen atoms in total. The maximum atomic E-state index is 12.1. The van der Waals surface area contributed by atoms with E-state index in [9.17, 15) is 14.7 Å². The van der Waals surface area contributed by atoms with Crippen LogP contribution in [-0.2, 0) is 23.8 Å². The molecule has 0 atom stereocenters. The Morgan fingerprint density at radius 2 is 1.08 bits per heavy atom. The number of hydrogen-bond acceptors (Lipinski definition) is 8. The molecule has 0 aromatic rings. The largest absolute Gasteiger partial charge is 1.00 e. The summed E-state index contributed by atoms with van der Waals surface area (Å²) in [5.41, 5.74) is 0.634. The number of aliphatic hydroxyl groups excluding tert-OH is 1. The number of amides is 1. The quantitative estimate of drug-likeness (QED) is 0.304. The number of aliphatic hydroxyl groups is 1. The van der Waals surface area contributed by atoms with Gasteiger partial charge < -0.3 is 31.0 Å². The van der Waals surface area contributed by atoms with Crippen molar-refractivity contribution in [2.75, 3.05) is 47.7 Å². The molecule has 50 heavy (non-hydrogen) atoms. The van der Waals surface area contributed by atoms with Crippen molar-refractivity contribution >= 4 is 40.1 Å². The summed E-state index contributed by atoms with van der Waals surface area (Å²) in [6, 6.07) is 0. The zero-order valence-corrected chi connectivity index (χ0v) is 35.8. The van der Waals surface area contributed by atoms with Gasteiger partial charge in [0, 0.05) is 61.1 Å². The SMILES string of the molecule is CC1CC(C)(C)NC(C)(C)C1.COCC(=O)Cl.COCC(=O)N1C(C)(C)CC(C)CC1(C)C.COCCN1C(C)(C)CC(O)CC1(C)C.[AlH3].[H-].[Li+]. The smallest absolute Gasteiger partial charge is 1.00 e. The minimum atomic E-state index is -0.461. The van der Waals surface area contributed by atoms with E-state index < -0.39 is 5.24 Å². The first-order chi connectivity index (χ1) is 21.6. The summed E-state index contributed by atoms with van der Waals surface area (Å²) in [4.78, 5) is 26.3. The molecule has 2 N–H and O–H groups in total. The Morgan fingerprint density at radius 3 is 1.38 bits per heavy atom. The molecule has 3 aliphatic heterocycles. The van der Waals surface area contributed by atoms with Gasteiger partial charge in [0.15, 0.2) is 17.4 Å². The van der Waals surface area contributed by atoms with Crippen LogP contribution in [0.15, 0.2) is 0 Å². The Balaban J connectivity index is -0.000000296. The van der Waals surface area contributed by atoms with Gasteiger partial charge in [0.2, 0.25) is 11.1 Å². The van der Waals surface area contributed by atoms with E-state index in [0.29, 0.717) is 17.0 Å². The van der Waals surface area contributed by atoms with Crippen LogP contribution in [0.1, 0.15) is 137 Å². The van der Waals surface area contributed by atoms with Gasteiger partial charge in [-0.2, -0.15) is 0 Å². The van der Waals surface area contributed by atoms with E-state index in [-0.39, 0.29) is 85.0 Å². The third kappa shape index (κ3) is 19.6. The molecule has 1 amide bonds. The molecule has 3 heterocycles. The molecule has 0 aromatic carbocycles. The molecular weight excluding hydrogens is 664 g/mol. The maximum absolute atomic E-state index is 12.1. The number of ether oxygens (including phenoxy) is 3. The second-order valence-corrected chi connectivity index (χ2v) is 18.7. The molecule has 3 aliphatic rings. The second kappa shape index (κ2) is 22.6. The monoisotopic (exact) mass is 744 g/mol. The van der Waals surface area contributed by atoms with E-state index >= 15 is 0 Å². The van der Waals surface area contributed by atoms with Gasteiger partial charge in [-0.05, 0) is 145 Å². The fraction of sp³-hybridized carbons (Fsp3) is 0.947. The summed E-state index contributed by atoms with van der Waals surface area (Å²) >= 11 is 4.81. The standard InChI is InChI=1S/C13H25NO2.C12H25NO2.C10H21N.C3H5ClO2.Al.Li.4H/c1-10-7-12(2,3)14(11(15)9-16-6)13(4,5)8-10;1-11(2)8-10(14)9-12(3,4)13(11)6-7-15-5;1-8-6-9(2,3)11-10(4,5)7-8;1-6-2-3(4)5;;;;;;/h10H,7-9H2,1-6H3;10,14H,6-9H2,1-5H3;8,11H,6-7H2,1-5H3;2H2,1H3;;;;;;/q;;;;;+1;;;;-1. The first kappa shape index (κ1) is 54.7. The Morgan fingerprint density at radius 1 is 0.700 bits per heavy atom. The predicted molar refractivity (Wildman–Crippen MR) is 211 cm³/mol. The molecule has 0 radical (unpaired) electrons. The molecule has 0 saturated carbocycles. The van der Waals surface area contributed by atoms with Crippen LogP contribution in [0.4, 0.5) is 0 Å². The zero-order chi connectivity index (χ0) is 37.9. The number of nitrogens with zero attached hydrogens (tertiary/aromatic N) is 2. The van der Waals surface area contributed by atoms with Crippen LogP contribution in [0, 0.1) is 11.8 Å². The van der Waals surface area contributed by atoms with Crippen LogP contribution in [0.3, 0.4) is 0 Å². The zero-order valence-electron chi connectivity index (χ0n) is 36.1. The van der Waals surface area contributed by atoms with Crippen molar-refractivity contribution in [2.24, 2.45) is 11.8 Å². The molecule has 3 fully saturated rings. The molecule has 0 spiro atoms. The van der Waals surface area contributed by atoms with Gasteiger partial charge in [-0.15, -0.1) is 0 Å². The number of methoxy groups -OCH3 is 3. The van der Waals surface area contributed by atoms with Crippen LogP contribution in [0.25, 0.3) is 0 Å². The van der Waals surface area contributed by atoms with Crippen molar-refractivity contribution in [3.8, 4) is 0 Å². The molecule has 3 saturated heterocycles. The van der Waals surface area contributed by atoms with Crippen molar-refractivity contribution in [3.05, 3.63) is 0 Å². The maximum Gasteiger partial charge on any atom is 1.00 e. The van der Waals surface area contributed by atoms with Gasteiger partial charge >= 0.3 is 18.9 Å². The normalized spacial score (nSPS) is 23.5. The van der Waals surface area contributed by atoms with E-state index in [1.807, 2.05) is 4.90 Å². The Bertz CT molecular complexity index is 951. The summed E-state index contributed by atoms with van der Waals surface area (Å²) in [5.74, 6) is 1.63. The number of nitrogens with one attached hydrogen (secondary N) is 1. The molecule has 0 aromatic heterocycles. The van der Waals surface area contributed by atoms with Gasteiger partial charge in [0.25, 0.3) is 0 Å². The molecule has 294 valence electrons. The van der Waals surface area contributed by atoms with Crippen molar-refractivity contribution in [1.29, 1.82) is 0 Å². The van der Waals surface area contributed by atoms with Crippen LogP contribution >= 0.6 is 11.6 Å². The average Bonchev–Trinajstić information content (AvgIpc) is 2.79. The number of rotatable bonds is 7. The number of carbonyl (C=O) groups excluding carboxylic acids is 2. The summed E-state index contributed by atoms with van der Waals surface area (Å²) in [6.07, 6.45) is 6.25. The minimum Gasteiger partial charge on any atom is -1.00 e. The Kier molecular flexibility index (Phi) is 24.8. The van der Waals surface area contributed by atoms with Crippen molar-refractivity contribution < 1.29 is 49.2 Å². The fourth-order valence-electron chi connectivity index (χ4n) is 9.64. The van der Waals surface area contributed by atoms with Gasteiger partial charge in [-0.1, -0.05) is 13.8 Å². The number of likely N-dealkylation sites (tertiary alicyclic amines) is 2. The molecule has 0 unspecified atom stereocenters. The van der Waals surface area contributed by atoms with E-state index in [4.69, 9.17) is 21.1 Å². The molecular formula is C38H80AlClLiN3O6. The number of hydrogen-bond donors (Lipinski definition) is 2. The molecule has 3 rings (SSSR count). The van der Waals surface area contributed by atoms with Gasteiger partial charge in [0.05, 0.1) is 12.7 Å². The fourth-order valence-corrected chi connectivity index (χ4v) is 9.75. The third-order valence-corrected chi connectivity index (χ3v) is 9.64. The van der Waals surface area contributed by atoms with Gasteiger partial charge in [-0.3, -0.25) is 14.5 Å². The van der Waals surface area contributed by atoms with Crippen molar-refractivity contribution in [1.82, 2.24) is 15.1 Å². The van der Waals surface area contributed by atoms with Crippen LogP contribution < -0.4 is 24.2 Å². The molecule has 0 aliphatic carbocycles. The molecule has 12 heteroatoms. The van der Waals surface area contributed by atoms with E-state index in [0.717, 1.165) is 44.8 Å². The first-order valence-electron chi connectivity index (χ1n) is 17.8. The summed E-state index contributed by atoms with van der Waals surface area (Å²) < 4.78 is 14.5. The third-order valence-electron chi connectivity index (χ3n) is 9.53. The van der Waals surface area contributed by atoms with E-state index in [2.05, 4.69) is 112 Å². The van der Waals surface area contributed by atoms with Gasteiger partial charge in [-0.25, -0.2) is 0 Å². The van der Waals surface area contributed by atoms with Crippen LogP contribution in [0.2, 0.25) is 0 Å². The molecule has 0 bridgehead atoms. The minimum absolute atomic E-state index is 0. The van der Waals surface area contributed by atoms with E-state index in [1.165, 1.54) is 20.0 Å². The summed E-state index contributed by atoms with van der Waals surface area (Å²) in [5, 5.41) is 13.1. The predicted octanol–water partition coefficient (Wildman–Crippen LogP) is 2.99. The van der Waals surface area contributed by atoms with Crippen molar-refractivity contribution in [2.45, 2.75) is 175 Å². The van der Waals surface area contributed by atoms with Crippen molar-refractivity contribution in [3.63, 3.8) is 0 Å². The van der Waals surface area contributed by atoms with Crippen LogP contribution in [-0.4, -0.2) is 130 Å². The summed E-state index contributed by atoms with van der Waals surface area (Å²) in [7, 11) is 4.73. The summed E-state index contributed by atoms with van der Waals surface area (Å²) in [6.45, 7) is 33.1. The van der Waals surface area contributed by atoms with Gasteiger partial charge in [0.1, 0.15) is 13.2 Å². The topological polar surface area (TPSA) is 101 Å². The number of halogens is 1. The van der Waals surface area contributed by atoms with E-state index in [1.54, 1.807) is 14.2 Å². The Labute approximate surface area is 337 Å². The first-order valence-corrected chi connectivity index (χ1v) is 18.2. The second-order valence-electron chi connectivity index (χ2n) is 18.3. The number of piperidine rings is 3. The number of carbonyl (C=O) groups is 2.